The number of carbonyl (C=O) groups is 1. The Labute approximate surface area is 105 Å². The van der Waals surface area contributed by atoms with Crippen molar-refractivity contribution in [1.29, 1.82) is 0 Å². The molecule has 92 valence electrons. The standard InChI is InChI=1S/C13H13N3O2/c1-2-18-10-6-7-11(15-9-10)13(17)16-12-5-3-4-8-14-12/h3-9H,2H2,1H3,(H,14,16,17). The second-order valence-electron chi connectivity index (χ2n) is 3.48. The molecule has 0 aliphatic rings. The number of anilines is 1. The van der Waals surface area contributed by atoms with Crippen LogP contribution in [0, 0.1) is 0 Å². The third kappa shape index (κ3) is 3.04. The van der Waals surface area contributed by atoms with Crippen LogP contribution in [-0.4, -0.2) is 22.5 Å². The van der Waals surface area contributed by atoms with Crippen molar-refractivity contribution in [3.63, 3.8) is 0 Å². The van der Waals surface area contributed by atoms with Gasteiger partial charge in [-0.1, -0.05) is 6.07 Å². The van der Waals surface area contributed by atoms with Crippen LogP contribution < -0.4 is 10.1 Å². The fourth-order valence-electron chi connectivity index (χ4n) is 1.38. The van der Waals surface area contributed by atoms with Gasteiger partial charge in [-0.15, -0.1) is 0 Å². The number of rotatable bonds is 4. The van der Waals surface area contributed by atoms with Gasteiger partial charge in [-0.3, -0.25) is 4.79 Å². The van der Waals surface area contributed by atoms with E-state index in [-0.39, 0.29) is 5.91 Å². The predicted molar refractivity (Wildman–Crippen MR) is 67.6 cm³/mol. The van der Waals surface area contributed by atoms with Crippen LogP contribution in [0.3, 0.4) is 0 Å². The highest BCUT2D eigenvalue weighted by Crippen LogP contribution is 2.10. The Bertz CT molecular complexity index is 512. The SMILES string of the molecule is CCOc1ccc(C(=O)Nc2ccccn2)nc1. The summed E-state index contributed by atoms with van der Waals surface area (Å²) in [5.41, 5.74) is 0.323. The molecule has 18 heavy (non-hydrogen) atoms. The molecule has 1 N–H and O–H groups in total. The topological polar surface area (TPSA) is 64.1 Å². The third-order valence-electron chi connectivity index (χ3n) is 2.19. The van der Waals surface area contributed by atoms with Gasteiger partial charge in [0, 0.05) is 6.20 Å². The Balaban J connectivity index is 2.05. The van der Waals surface area contributed by atoms with E-state index >= 15 is 0 Å². The summed E-state index contributed by atoms with van der Waals surface area (Å²) in [4.78, 5) is 19.9. The second kappa shape index (κ2) is 5.77. The number of hydrogen-bond acceptors (Lipinski definition) is 4. The van der Waals surface area contributed by atoms with E-state index in [4.69, 9.17) is 4.74 Å². The van der Waals surface area contributed by atoms with Crippen molar-refractivity contribution in [3.05, 3.63) is 48.4 Å². The van der Waals surface area contributed by atoms with E-state index < -0.39 is 0 Å². The number of amides is 1. The van der Waals surface area contributed by atoms with Crippen molar-refractivity contribution in [2.75, 3.05) is 11.9 Å². The molecule has 0 aliphatic carbocycles. The molecule has 0 bridgehead atoms. The number of nitrogens with one attached hydrogen (secondary N) is 1. The molecule has 0 unspecified atom stereocenters. The number of ether oxygens (including phenoxy) is 1. The highest BCUT2D eigenvalue weighted by atomic mass is 16.5. The molecule has 2 aromatic heterocycles. The molecule has 0 fully saturated rings. The molecular formula is C13H13N3O2. The van der Waals surface area contributed by atoms with Gasteiger partial charge in [0.25, 0.3) is 5.91 Å². The minimum Gasteiger partial charge on any atom is -0.492 e. The van der Waals surface area contributed by atoms with Crippen LogP contribution in [0.1, 0.15) is 17.4 Å². The fourth-order valence-corrected chi connectivity index (χ4v) is 1.38. The largest absolute Gasteiger partial charge is 0.492 e. The van der Waals surface area contributed by atoms with Gasteiger partial charge in [0.05, 0.1) is 12.8 Å². The summed E-state index contributed by atoms with van der Waals surface area (Å²) in [6.07, 6.45) is 3.14. The third-order valence-corrected chi connectivity index (χ3v) is 2.19. The van der Waals surface area contributed by atoms with E-state index in [9.17, 15) is 4.79 Å². The van der Waals surface area contributed by atoms with Crippen LogP contribution in [0.4, 0.5) is 5.82 Å². The Kier molecular flexibility index (Phi) is 3.86. The zero-order valence-electron chi connectivity index (χ0n) is 9.96. The van der Waals surface area contributed by atoms with E-state index in [1.54, 1.807) is 36.5 Å². The second-order valence-corrected chi connectivity index (χ2v) is 3.48. The van der Waals surface area contributed by atoms with Gasteiger partial charge in [0.1, 0.15) is 17.3 Å². The molecule has 2 rings (SSSR count). The van der Waals surface area contributed by atoms with Gasteiger partial charge in [-0.05, 0) is 31.2 Å². The lowest BCUT2D eigenvalue weighted by Crippen LogP contribution is -2.14. The molecule has 0 saturated carbocycles. The quantitative estimate of drug-likeness (QED) is 0.893. The van der Waals surface area contributed by atoms with Crippen molar-refractivity contribution in [2.45, 2.75) is 6.92 Å². The van der Waals surface area contributed by atoms with Crippen LogP contribution in [0.2, 0.25) is 0 Å². The fraction of sp³-hybridized carbons (Fsp3) is 0.154. The van der Waals surface area contributed by atoms with Crippen molar-refractivity contribution < 1.29 is 9.53 Å². The minimum atomic E-state index is -0.295. The zero-order chi connectivity index (χ0) is 12.8. The summed E-state index contributed by atoms with van der Waals surface area (Å²) in [5, 5.41) is 2.66. The van der Waals surface area contributed by atoms with E-state index in [0.717, 1.165) is 0 Å². The monoisotopic (exact) mass is 243 g/mol. The van der Waals surface area contributed by atoms with Crippen LogP contribution in [0.5, 0.6) is 5.75 Å². The average Bonchev–Trinajstić information content (AvgIpc) is 2.41. The molecule has 2 aromatic rings. The molecule has 5 heteroatoms. The molecule has 0 radical (unpaired) electrons. The number of nitrogens with zero attached hydrogens (tertiary/aromatic N) is 2. The van der Waals surface area contributed by atoms with Crippen LogP contribution >= 0.6 is 0 Å². The summed E-state index contributed by atoms with van der Waals surface area (Å²) in [5.74, 6) is 0.849. The van der Waals surface area contributed by atoms with E-state index in [2.05, 4.69) is 15.3 Å². The smallest absolute Gasteiger partial charge is 0.275 e. The Morgan fingerprint density at radius 1 is 1.28 bits per heavy atom. The minimum absolute atomic E-state index is 0.295. The molecule has 0 atom stereocenters. The van der Waals surface area contributed by atoms with Gasteiger partial charge < -0.3 is 10.1 Å². The maximum Gasteiger partial charge on any atom is 0.275 e. The number of hydrogen-bond donors (Lipinski definition) is 1. The van der Waals surface area contributed by atoms with Crippen LogP contribution in [0.15, 0.2) is 42.7 Å². The zero-order valence-corrected chi connectivity index (χ0v) is 9.96. The van der Waals surface area contributed by atoms with E-state index in [0.29, 0.717) is 23.9 Å². The molecule has 0 aromatic carbocycles. The number of carbonyl (C=O) groups excluding carboxylic acids is 1. The summed E-state index contributed by atoms with van der Waals surface area (Å²) in [6, 6.07) is 8.62. The van der Waals surface area contributed by atoms with Crippen molar-refractivity contribution in [2.24, 2.45) is 0 Å². The van der Waals surface area contributed by atoms with Crippen LogP contribution in [0.25, 0.3) is 0 Å². The molecule has 0 aliphatic heterocycles. The Morgan fingerprint density at radius 3 is 2.78 bits per heavy atom. The highest BCUT2D eigenvalue weighted by molar-refractivity contribution is 6.02. The van der Waals surface area contributed by atoms with Gasteiger partial charge in [0.15, 0.2) is 0 Å². The van der Waals surface area contributed by atoms with Gasteiger partial charge in [0.2, 0.25) is 0 Å². The van der Waals surface area contributed by atoms with Gasteiger partial charge in [-0.25, -0.2) is 9.97 Å². The van der Waals surface area contributed by atoms with Crippen molar-refractivity contribution in [3.8, 4) is 5.75 Å². The molecular weight excluding hydrogens is 230 g/mol. The molecule has 0 saturated heterocycles. The first-order valence-electron chi connectivity index (χ1n) is 5.61. The van der Waals surface area contributed by atoms with Crippen molar-refractivity contribution in [1.82, 2.24) is 9.97 Å². The van der Waals surface area contributed by atoms with Gasteiger partial charge >= 0.3 is 0 Å². The number of aromatic nitrogens is 2. The maximum absolute atomic E-state index is 11.8. The molecule has 5 nitrogen and oxygen atoms in total. The number of pyridine rings is 2. The maximum atomic E-state index is 11.8. The predicted octanol–water partition coefficient (Wildman–Crippen LogP) is 2.13. The highest BCUT2D eigenvalue weighted by Gasteiger charge is 2.07. The summed E-state index contributed by atoms with van der Waals surface area (Å²) >= 11 is 0. The first-order valence-corrected chi connectivity index (χ1v) is 5.61. The van der Waals surface area contributed by atoms with Crippen molar-refractivity contribution >= 4 is 11.7 Å². The lowest BCUT2D eigenvalue weighted by Gasteiger charge is -2.05. The molecule has 0 spiro atoms. The molecule has 2 heterocycles. The summed E-state index contributed by atoms with van der Waals surface area (Å²) in [7, 11) is 0. The first-order chi connectivity index (χ1) is 8.79. The van der Waals surface area contributed by atoms with Gasteiger partial charge in [-0.2, -0.15) is 0 Å². The normalized spacial score (nSPS) is 9.83. The average molecular weight is 243 g/mol. The first kappa shape index (κ1) is 12.0. The Morgan fingerprint density at radius 2 is 2.17 bits per heavy atom. The molecule has 1 amide bonds. The lowest BCUT2D eigenvalue weighted by atomic mass is 10.3. The summed E-state index contributed by atoms with van der Waals surface area (Å²) < 4.78 is 5.25. The Hall–Kier alpha value is -2.43. The summed E-state index contributed by atoms with van der Waals surface area (Å²) in [6.45, 7) is 2.46. The lowest BCUT2D eigenvalue weighted by molar-refractivity contribution is 0.102. The van der Waals surface area contributed by atoms with Crippen LogP contribution in [-0.2, 0) is 0 Å². The van der Waals surface area contributed by atoms with E-state index in [1.165, 1.54) is 6.20 Å². The van der Waals surface area contributed by atoms with E-state index in [1.807, 2.05) is 6.92 Å².